The van der Waals surface area contributed by atoms with Gasteiger partial charge in [0.15, 0.2) is 0 Å². The summed E-state index contributed by atoms with van der Waals surface area (Å²) >= 11 is 0. The molecule has 6 rings (SSSR count). The Labute approximate surface area is 220 Å². The third kappa shape index (κ3) is 4.12. The molecule has 0 fully saturated rings. The van der Waals surface area contributed by atoms with Gasteiger partial charge in [0.25, 0.3) is 0 Å². The summed E-state index contributed by atoms with van der Waals surface area (Å²) < 4.78 is 11.1. The zero-order valence-electron chi connectivity index (χ0n) is 21.2. The summed E-state index contributed by atoms with van der Waals surface area (Å²) in [6.07, 6.45) is 8.77. The van der Waals surface area contributed by atoms with Crippen LogP contribution in [0.25, 0.3) is 38.2 Å². The number of nitrogens with zero attached hydrogens (tertiary/aromatic N) is 1. The summed E-state index contributed by atoms with van der Waals surface area (Å²) in [4.78, 5) is 23.2. The van der Waals surface area contributed by atoms with Crippen molar-refractivity contribution in [3.05, 3.63) is 99.6 Å². The van der Waals surface area contributed by atoms with Gasteiger partial charge in [0.05, 0.1) is 10.3 Å². The van der Waals surface area contributed by atoms with Gasteiger partial charge in [0, 0.05) is 12.5 Å². The SMILES string of the molecule is CC(=O)OCCOc1c(-c2cccc3c4c(ccc23)C2=C(CCC=C2)CC4)cc2ccccc2c1[N+](=O)[O-]. The Hall–Kier alpha value is -4.45. The first-order valence-electron chi connectivity index (χ1n) is 12.9. The number of fused-ring (bicyclic) bond motifs is 5. The molecule has 190 valence electrons. The Morgan fingerprint density at radius 2 is 1.74 bits per heavy atom. The molecule has 0 amide bonds. The fourth-order valence-corrected chi connectivity index (χ4v) is 5.87. The smallest absolute Gasteiger partial charge is 0.319 e. The minimum Gasteiger partial charge on any atom is -0.483 e. The maximum Gasteiger partial charge on any atom is 0.319 e. The first-order valence-corrected chi connectivity index (χ1v) is 12.9. The number of hydrogen-bond acceptors (Lipinski definition) is 5. The van der Waals surface area contributed by atoms with Crippen molar-refractivity contribution >= 4 is 38.8 Å². The summed E-state index contributed by atoms with van der Waals surface area (Å²) in [6, 6.07) is 19.7. The van der Waals surface area contributed by atoms with Gasteiger partial charge in [0.1, 0.15) is 13.2 Å². The molecule has 6 heteroatoms. The minimum atomic E-state index is -0.424. The van der Waals surface area contributed by atoms with E-state index in [4.69, 9.17) is 9.47 Å². The standard InChI is InChI=1S/C32H27NO5/c1-20(34)37-17-18-38-32-30(19-22-8-3-5-10-24(22)31(32)33(35)36)26-12-6-11-25-28-14-13-21-7-2-4-9-23(21)27(28)15-16-29(25)26/h3-6,8-12,15-16,19H,2,7,13-14,17-18H2,1H3. The van der Waals surface area contributed by atoms with Crippen LogP contribution in [-0.4, -0.2) is 24.1 Å². The molecule has 0 unspecified atom stereocenters. The van der Waals surface area contributed by atoms with Crippen LogP contribution < -0.4 is 4.74 Å². The molecule has 6 nitrogen and oxygen atoms in total. The lowest BCUT2D eigenvalue weighted by Gasteiger charge is -2.26. The molecule has 2 aliphatic rings. The summed E-state index contributed by atoms with van der Waals surface area (Å²) in [5, 5.41) is 15.8. The molecule has 0 saturated carbocycles. The van der Waals surface area contributed by atoms with Crippen molar-refractivity contribution in [1.82, 2.24) is 0 Å². The van der Waals surface area contributed by atoms with E-state index in [2.05, 4.69) is 30.4 Å². The zero-order valence-corrected chi connectivity index (χ0v) is 21.2. The predicted molar refractivity (Wildman–Crippen MR) is 149 cm³/mol. The average molecular weight is 506 g/mol. The normalized spacial score (nSPS) is 14.3. The molecule has 0 aromatic heterocycles. The van der Waals surface area contributed by atoms with Gasteiger partial charge in [-0.3, -0.25) is 14.9 Å². The summed E-state index contributed by atoms with van der Waals surface area (Å²) in [6.45, 7) is 1.34. The summed E-state index contributed by atoms with van der Waals surface area (Å²) in [5.41, 5.74) is 6.93. The molecule has 0 atom stereocenters. The molecule has 0 N–H and O–H groups in total. The Balaban J connectivity index is 1.56. The highest BCUT2D eigenvalue weighted by atomic mass is 16.6. The maximum atomic E-state index is 12.4. The van der Waals surface area contributed by atoms with Crippen molar-refractivity contribution in [2.75, 3.05) is 13.2 Å². The van der Waals surface area contributed by atoms with Gasteiger partial charge in [-0.25, -0.2) is 0 Å². The van der Waals surface area contributed by atoms with E-state index in [-0.39, 0.29) is 29.6 Å². The molecule has 4 aromatic carbocycles. The Morgan fingerprint density at radius 1 is 0.895 bits per heavy atom. The number of rotatable bonds is 6. The van der Waals surface area contributed by atoms with Crippen LogP contribution >= 0.6 is 0 Å². The number of allylic oxidation sites excluding steroid dienone is 4. The second-order valence-corrected chi connectivity index (χ2v) is 9.72. The van der Waals surface area contributed by atoms with Gasteiger partial charge < -0.3 is 9.47 Å². The molecule has 0 spiro atoms. The number of ether oxygens (including phenoxy) is 2. The molecule has 0 saturated heterocycles. The number of hydrogen-bond donors (Lipinski definition) is 0. The van der Waals surface area contributed by atoms with Crippen LogP contribution in [0.5, 0.6) is 5.75 Å². The maximum absolute atomic E-state index is 12.4. The fourth-order valence-electron chi connectivity index (χ4n) is 5.87. The lowest BCUT2D eigenvalue weighted by molar-refractivity contribution is -0.384. The zero-order chi connectivity index (χ0) is 26.2. The van der Waals surface area contributed by atoms with Gasteiger partial charge in [0.2, 0.25) is 5.75 Å². The highest BCUT2D eigenvalue weighted by Gasteiger charge is 2.27. The number of carbonyl (C=O) groups excluding carboxylic acids is 1. The molecule has 4 aromatic rings. The van der Waals surface area contributed by atoms with Crippen LogP contribution in [0.3, 0.4) is 0 Å². The van der Waals surface area contributed by atoms with Crippen molar-refractivity contribution in [2.24, 2.45) is 0 Å². The second-order valence-electron chi connectivity index (χ2n) is 9.72. The number of nitro groups is 1. The Bertz CT molecular complexity index is 1680. The summed E-state index contributed by atoms with van der Waals surface area (Å²) in [5.74, 6) is -0.238. The van der Waals surface area contributed by atoms with E-state index >= 15 is 0 Å². The molecular formula is C32H27NO5. The second kappa shape index (κ2) is 9.78. The van der Waals surface area contributed by atoms with Gasteiger partial charge >= 0.3 is 11.7 Å². The average Bonchev–Trinajstić information content (AvgIpc) is 2.93. The third-order valence-electron chi connectivity index (χ3n) is 7.50. The van der Waals surface area contributed by atoms with Crippen LogP contribution in [-0.2, 0) is 16.0 Å². The first kappa shape index (κ1) is 23.9. The van der Waals surface area contributed by atoms with Gasteiger partial charge in [-0.05, 0) is 76.2 Å². The fraction of sp³-hybridized carbons (Fsp3) is 0.219. The molecule has 0 heterocycles. The highest BCUT2D eigenvalue weighted by molar-refractivity contribution is 6.07. The van der Waals surface area contributed by atoms with Crippen LogP contribution in [0.15, 0.2) is 78.4 Å². The van der Waals surface area contributed by atoms with Gasteiger partial charge in [-0.1, -0.05) is 66.3 Å². The third-order valence-corrected chi connectivity index (χ3v) is 7.50. The van der Waals surface area contributed by atoms with E-state index < -0.39 is 5.97 Å². The van der Waals surface area contributed by atoms with E-state index in [0.717, 1.165) is 47.4 Å². The lowest BCUT2D eigenvalue weighted by Crippen LogP contribution is -2.11. The minimum absolute atomic E-state index is 0.00671. The van der Waals surface area contributed by atoms with Crippen LogP contribution in [0.2, 0.25) is 0 Å². The van der Waals surface area contributed by atoms with Gasteiger partial charge in [-0.2, -0.15) is 0 Å². The first-order chi connectivity index (χ1) is 18.5. The quantitative estimate of drug-likeness (QED) is 0.117. The molecular weight excluding hydrogens is 478 g/mol. The largest absolute Gasteiger partial charge is 0.483 e. The van der Waals surface area contributed by atoms with Crippen LogP contribution in [0.1, 0.15) is 37.3 Å². The number of nitro benzene ring substituents is 1. The number of aryl methyl sites for hydroxylation is 1. The van der Waals surface area contributed by atoms with Crippen molar-refractivity contribution < 1.29 is 19.2 Å². The number of carbonyl (C=O) groups is 1. The monoisotopic (exact) mass is 505 g/mol. The summed E-state index contributed by atoms with van der Waals surface area (Å²) in [7, 11) is 0. The Morgan fingerprint density at radius 3 is 2.58 bits per heavy atom. The van der Waals surface area contributed by atoms with Gasteiger partial charge in [-0.15, -0.1) is 0 Å². The van der Waals surface area contributed by atoms with E-state index in [1.165, 1.54) is 29.2 Å². The molecule has 0 radical (unpaired) electrons. The molecule has 0 aliphatic heterocycles. The van der Waals surface area contributed by atoms with Crippen molar-refractivity contribution in [1.29, 1.82) is 0 Å². The van der Waals surface area contributed by atoms with E-state index in [1.54, 1.807) is 12.1 Å². The highest BCUT2D eigenvalue weighted by Crippen LogP contribution is 2.47. The lowest BCUT2D eigenvalue weighted by atomic mass is 9.79. The topological polar surface area (TPSA) is 78.7 Å². The van der Waals surface area contributed by atoms with Crippen molar-refractivity contribution in [3.8, 4) is 16.9 Å². The van der Waals surface area contributed by atoms with Crippen molar-refractivity contribution in [3.63, 3.8) is 0 Å². The van der Waals surface area contributed by atoms with E-state index in [0.29, 0.717) is 10.9 Å². The number of benzene rings is 4. The van der Waals surface area contributed by atoms with Crippen LogP contribution in [0.4, 0.5) is 5.69 Å². The van der Waals surface area contributed by atoms with Crippen LogP contribution in [0, 0.1) is 10.1 Å². The predicted octanol–water partition coefficient (Wildman–Crippen LogP) is 7.56. The van der Waals surface area contributed by atoms with E-state index in [9.17, 15) is 14.9 Å². The molecule has 0 bridgehead atoms. The van der Waals surface area contributed by atoms with E-state index in [1.807, 2.05) is 30.3 Å². The van der Waals surface area contributed by atoms with Crippen molar-refractivity contribution in [2.45, 2.75) is 32.6 Å². The number of esters is 1. The molecule has 38 heavy (non-hydrogen) atoms. The molecule has 2 aliphatic carbocycles. The Kier molecular flexibility index (Phi) is 6.16.